The number of carbonyl (C=O) groups excluding carboxylic acids is 1. The summed E-state index contributed by atoms with van der Waals surface area (Å²) < 4.78 is 48.1. The van der Waals surface area contributed by atoms with E-state index in [0.29, 0.717) is 24.3 Å². The predicted molar refractivity (Wildman–Crippen MR) is 114 cm³/mol. The average molecular weight is 479 g/mol. The maximum Gasteiger partial charge on any atom is 0.333 e. The van der Waals surface area contributed by atoms with Gasteiger partial charge in [0.15, 0.2) is 11.5 Å². The molecule has 3 heterocycles. The smallest absolute Gasteiger partial charge is 0.333 e. The molecule has 0 aromatic carbocycles. The molecule has 0 saturated heterocycles. The number of ketones is 1. The number of nitrogens with one attached hydrogen (secondary N) is 1. The van der Waals surface area contributed by atoms with Crippen LogP contribution in [0.25, 0.3) is 0 Å². The summed E-state index contributed by atoms with van der Waals surface area (Å²) in [6.45, 7) is 2.03. The van der Waals surface area contributed by atoms with Gasteiger partial charge in [0.25, 0.3) is 0 Å². The van der Waals surface area contributed by atoms with Crippen LogP contribution in [0.3, 0.4) is 0 Å². The van der Waals surface area contributed by atoms with Gasteiger partial charge in [-0.2, -0.15) is 8.42 Å². The van der Waals surface area contributed by atoms with E-state index in [1.807, 2.05) is 13.0 Å². The van der Waals surface area contributed by atoms with Gasteiger partial charge in [0, 0.05) is 30.2 Å². The van der Waals surface area contributed by atoms with E-state index in [1.165, 1.54) is 12.5 Å². The molecular formula is C20H23FN6O5S. The first kappa shape index (κ1) is 23.0. The van der Waals surface area contributed by atoms with Crippen molar-refractivity contribution in [1.29, 1.82) is 0 Å². The number of hydrogen-bond acceptors (Lipinski definition) is 9. The Morgan fingerprint density at radius 1 is 1.42 bits per heavy atom. The summed E-state index contributed by atoms with van der Waals surface area (Å²) in [4.78, 5) is 21.2. The van der Waals surface area contributed by atoms with E-state index in [0.717, 1.165) is 5.69 Å². The van der Waals surface area contributed by atoms with Gasteiger partial charge in [-0.05, 0) is 31.7 Å². The van der Waals surface area contributed by atoms with Crippen LogP contribution in [-0.2, 0) is 21.0 Å². The summed E-state index contributed by atoms with van der Waals surface area (Å²) in [7, 11) is -4.09. The molecule has 176 valence electrons. The molecule has 0 radical (unpaired) electrons. The lowest BCUT2D eigenvalue weighted by molar-refractivity contribution is 0.103. The van der Waals surface area contributed by atoms with Crippen LogP contribution in [0.1, 0.15) is 40.2 Å². The minimum atomic E-state index is -4.09. The summed E-state index contributed by atoms with van der Waals surface area (Å²) in [5.74, 6) is 0.191. The van der Waals surface area contributed by atoms with Gasteiger partial charge in [0.1, 0.15) is 18.3 Å². The third-order valence-electron chi connectivity index (χ3n) is 5.36. The van der Waals surface area contributed by atoms with Crippen LogP contribution in [0.5, 0.6) is 0 Å². The third kappa shape index (κ3) is 5.80. The highest BCUT2D eigenvalue weighted by Crippen LogP contribution is 2.32. The van der Waals surface area contributed by atoms with Crippen molar-refractivity contribution in [1.82, 2.24) is 19.7 Å². The number of rotatable bonds is 9. The van der Waals surface area contributed by atoms with Gasteiger partial charge in [0.05, 0.1) is 30.5 Å². The Morgan fingerprint density at radius 3 is 2.97 bits per heavy atom. The van der Waals surface area contributed by atoms with Gasteiger partial charge in [0.2, 0.25) is 0 Å². The molecule has 3 aromatic heterocycles. The number of nitrogens with zero attached hydrogens (tertiary/aromatic N) is 4. The first-order chi connectivity index (χ1) is 15.7. The molecule has 0 unspecified atom stereocenters. The normalized spacial score (nSPS) is 20.8. The minimum Gasteiger partial charge on any atom is -0.364 e. The molecule has 1 aliphatic rings. The predicted octanol–water partition coefficient (Wildman–Crippen LogP) is 1.60. The molecule has 11 nitrogen and oxygen atoms in total. The fourth-order valence-electron chi connectivity index (χ4n) is 3.85. The summed E-state index contributed by atoms with van der Waals surface area (Å²) in [6.07, 6.45) is 5.17. The highest BCUT2D eigenvalue weighted by molar-refractivity contribution is 7.84. The van der Waals surface area contributed by atoms with Crippen molar-refractivity contribution in [2.45, 2.75) is 38.5 Å². The highest BCUT2D eigenvalue weighted by atomic mass is 32.2. The van der Waals surface area contributed by atoms with Crippen LogP contribution >= 0.6 is 0 Å². The number of halogens is 1. The van der Waals surface area contributed by atoms with Gasteiger partial charge in [-0.3, -0.25) is 8.98 Å². The average Bonchev–Trinajstić information content (AvgIpc) is 3.47. The highest BCUT2D eigenvalue weighted by Gasteiger charge is 2.36. The van der Waals surface area contributed by atoms with Crippen molar-refractivity contribution in [3.05, 3.63) is 59.6 Å². The lowest BCUT2D eigenvalue weighted by Gasteiger charge is -2.17. The van der Waals surface area contributed by atoms with Crippen molar-refractivity contribution in [2.75, 3.05) is 11.9 Å². The van der Waals surface area contributed by atoms with Crippen molar-refractivity contribution in [3.63, 3.8) is 0 Å². The number of carbonyl (C=O) groups is 1. The van der Waals surface area contributed by atoms with Crippen molar-refractivity contribution >= 4 is 21.9 Å². The molecule has 0 amide bonds. The number of aryl methyl sites for hydroxylation is 1. The number of anilines is 1. The summed E-state index contributed by atoms with van der Waals surface area (Å²) >= 11 is 0. The lowest BCUT2D eigenvalue weighted by atomic mass is 10.1. The maximum atomic E-state index is 14.6. The van der Waals surface area contributed by atoms with E-state index in [1.54, 1.807) is 23.0 Å². The molecule has 1 aliphatic carbocycles. The second kappa shape index (κ2) is 9.37. The van der Waals surface area contributed by atoms with E-state index >= 15 is 0 Å². The summed E-state index contributed by atoms with van der Waals surface area (Å²) in [5, 5.41) is 11.7. The number of nitrogens with two attached hydrogens (primary N) is 1. The van der Waals surface area contributed by atoms with Crippen LogP contribution in [0.15, 0.2) is 41.6 Å². The SMILES string of the molecule is Cc1cc(Cn2ccc(C(=O)c3cncnc3N[C@@H]3C[C@H](COS(N)(=O)=O)C[C@@H]3F)c2)on1. The zero-order chi connectivity index (χ0) is 23.6. The van der Waals surface area contributed by atoms with E-state index in [2.05, 4.69) is 24.6 Å². The monoisotopic (exact) mass is 478 g/mol. The Balaban J connectivity index is 1.45. The Labute approximate surface area is 189 Å². The summed E-state index contributed by atoms with van der Waals surface area (Å²) in [6, 6.07) is 2.81. The van der Waals surface area contributed by atoms with Gasteiger partial charge in [-0.1, -0.05) is 5.16 Å². The molecule has 0 spiro atoms. The Bertz CT molecular complexity index is 1240. The molecule has 4 rings (SSSR count). The fraction of sp³-hybridized carbons (Fsp3) is 0.400. The van der Waals surface area contributed by atoms with E-state index < -0.39 is 22.5 Å². The Morgan fingerprint density at radius 2 is 2.24 bits per heavy atom. The van der Waals surface area contributed by atoms with Crippen molar-refractivity contribution in [2.24, 2.45) is 11.1 Å². The number of hydrogen-bond donors (Lipinski definition) is 2. The molecule has 3 aromatic rings. The Hall–Kier alpha value is -3.16. The van der Waals surface area contributed by atoms with Gasteiger partial charge in [-0.15, -0.1) is 0 Å². The number of alkyl halides is 1. The molecular weight excluding hydrogens is 455 g/mol. The standard InChI is InChI=1S/C20H23FN6O5S/c1-12-4-15(32-26-12)9-27-3-2-14(8-27)19(28)16-7-23-11-24-20(16)25-18-6-13(5-17(18)21)10-31-33(22,29)30/h2-4,7-8,11,13,17-18H,5-6,9-10H2,1H3,(H2,22,29,30)(H,23,24,25)/t13-,17+,18-/m1/s1. The van der Waals surface area contributed by atoms with Crippen molar-refractivity contribution < 1.29 is 26.3 Å². The van der Waals surface area contributed by atoms with E-state index in [9.17, 15) is 17.6 Å². The first-order valence-corrected chi connectivity index (χ1v) is 11.7. The molecule has 0 aliphatic heterocycles. The zero-order valence-electron chi connectivity index (χ0n) is 17.7. The van der Waals surface area contributed by atoms with Crippen LogP contribution in [0.4, 0.5) is 10.2 Å². The first-order valence-electron chi connectivity index (χ1n) is 10.2. The van der Waals surface area contributed by atoms with Crippen LogP contribution in [0, 0.1) is 12.8 Å². The quantitative estimate of drug-likeness (QED) is 0.436. The molecule has 33 heavy (non-hydrogen) atoms. The fourth-order valence-corrected chi connectivity index (χ4v) is 4.23. The summed E-state index contributed by atoms with van der Waals surface area (Å²) in [5.41, 5.74) is 1.37. The van der Waals surface area contributed by atoms with Crippen LogP contribution < -0.4 is 10.5 Å². The molecule has 1 fully saturated rings. The molecule has 3 atom stereocenters. The minimum absolute atomic E-state index is 0.103. The topological polar surface area (TPSA) is 155 Å². The van der Waals surface area contributed by atoms with Gasteiger partial charge in [-0.25, -0.2) is 19.5 Å². The van der Waals surface area contributed by atoms with Crippen LogP contribution in [-0.4, -0.2) is 52.7 Å². The zero-order valence-corrected chi connectivity index (χ0v) is 18.5. The van der Waals surface area contributed by atoms with E-state index in [-0.39, 0.29) is 36.1 Å². The third-order valence-corrected chi connectivity index (χ3v) is 5.82. The van der Waals surface area contributed by atoms with E-state index in [4.69, 9.17) is 9.66 Å². The second-order valence-electron chi connectivity index (χ2n) is 8.00. The second-order valence-corrected chi connectivity index (χ2v) is 9.22. The van der Waals surface area contributed by atoms with Gasteiger partial charge < -0.3 is 14.4 Å². The van der Waals surface area contributed by atoms with Crippen molar-refractivity contribution in [3.8, 4) is 0 Å². The van der Waals surface area contributed by atoms with Crippen LogP contribution in [0.2, 0.25) is 0 Å². The molecule has 1 saturated carbocycles. The van der Waals surface area contributed by atoms with Gasteiger partial charge >= 0.3 is 10.3 Å². The molecule has 0 bridgehead atoms. The lowest BCUT2D eigenvalue weighted by Crippen LogP contribution is -2.27. The Kier molecular flexibility index (Phi) is 6.54. The number of aromatic nitrogens is 4. The maximum absolute atomic E-state index is 14.6. The largest absolute Gasteiger partial charge is 0.364 e. The molecule has 13 heteroatoms. The molecule has 3 N–H and O–H groups in total.